The summed E-state index contributed by atoms with van der Waals surface area (Å²) >= 11 is 6.15. The topological polar surface area (TPSA) is 84.9 Å². The summed E-state index contributed by atoms with van der Waals surface area (Å²) in [5.74, 6) is 0.0187. The molecule has 24 heavy (non-hydrogen) atoms. The van der Waals surface area contributed by atoms with Gasteiger partial charge in [0.2, 0.25) is 0 Å². The van der Waals surface area contributed by atoms with E-state index < -0.39 is 17.8 Å². The molecular formula is C17H24ClNO5. The van der Waals surface area contributed by atoms with Crippen molar-refractivity contribution in [3.63, 3.8) is 0 Å². The van der Waals surface area contributed by atoms with E-state index in [1.54, 1.807) is 27.7 Å². The number of carbonyl (C=O) groups is 2. The van der Waals surface area contributed by atoms with Crippen LogP contribution >= 0.6 is 11.6 Å². The number of amides is 1. The van der Waals surface area contributed by atoms with Crippen molar-refractivity contribution in [2.24, 2.45) is 0 Å². The first kappa shape index (κ1) is 20.3. The number of alkyl carbamates (subject to hydrolysis) is 1. The molecule has 0 spiro atoms. The average Bonchev–Trinajstić information content (AvgIpc) is 2.44. The number of halogens is 1. The molecule has 0 fully saturated rings. The molecule has 6 nitrogen and oxygen atoms in total. The Kier molecular flexibility index (Phi) is 6.63. The summed E-state index contributed by atoms with van der Waals surface area (Å²) in [6.45, 7) is 8.22. The Labute approximate surface area is 147 Å². The fourth-order valence-corrected chi connectivity index (χ4v) is 2.43. The maximum absolute atomic E-state index is 11.8. The zero-order valence-electron chi connectivity index (χ0n) is 14.8. The lowest BCUT2D eigenvalue weighted by atomic mass is 9.96. The number of methoxy groups -OCH3 is 1. The van der Waals surface area contributed by atoms with Crippen molar-refractivity contribution >= 4 is 23.5 Å². The van der Waals surface area contributed by atoms with Gasteiger partial charge < -0.3 is 19.9 Å². The third-order valence-corrected chi connectivity index (χ3v) is 3.67. The van der Waals surface area contributed by atoms with Crippen LogP contribution < -0.4 is 10.1 Å². The smallest absolute Gasteiger partial charge is 0.407 e. The summed E-state index contributed by atoms with van der Waals surface area (Å²) in [5.41, 5.74) is 0.586. The lowest BCUT2D eigenvalue weighted by molar-refractivity contribution is 0.0490. The van der Waals surface area contributed by atoms with Gasteiger partial charge in [-0.05, 0) is 46.2 Å². The molecule has 134 valence electrons. The highest BCUT2D eigenvalue weighted by molar-refractivity contribution is 6.32. The average molecular weight is 358 g/mol. The van der Waals surface area contributed by atoms with Crippen LogP contribution in [-0.4, -0.2) is 36.2 Å². The van der Waals surface area contributed by atoms with Gasteiger partial charge in [-0.1, -0.05) is 11.6 Å². The van der Waals surface area contributed by atoms with E-state index in [0.717, 1.165) is 0 Å². The van der Waals surface area contributed by atoms with Gasteiger partial charge in [-0.15, -0.1) is 0 Å². The zero-order valence-corrected chi connectivity index (χ0v) is 15.6. The lowest BCUT2D eigenvalue weighted by Crippen LogP contribution is -2.35. The minimum absolute atomic E-state index is 0.107. The van der Waals surface area contributed by atoms with Crippen LogP contribution in [0.4, 0.5) is 4.79 Å². The second-order valence-corrected chi connectivity index (χ2v) is 6.84. The van der Waals surface area contributed by atoms with Gasteiger partial charge in [0.05, 0.1) is 19.2 Å². The predicted octanol–water partition coefficient (Wildman–Crippen LogP) is 3.42. The summed E-state index contributed by atoms with van der Waals surface area (Å²) in [6.07, 6.45) is -1.75. The van der Waals surface area contributed by atoms with Crippen molar-refractivity contribution in [2.75, 3.05) is 13.7 Å². The molecule has 0 saturated carbocycles. The third kappa shape index (κ3) is 5.11. The molecule has 1 atom stereocenters. The molecule has 0 saturated heterocycles. The van der Waals surface area contributed by atoms with E-state index in [0.29, 0.717) is 16.1 Å². The zero-order chi connectivity index (χ0) is 18.7. The Morgan fingerprint density at radius 3 is 2.42 bits per heavy atom. The van der Waals surface area contributed by atoms with Crippen LogP contribution in [0.5, 0.6) is 5.75 Å². The van der Waals surface area contributed by atoms with Crippen LogP contribution in [-0.2, 0) is 4.74 Å². The summed E-state index contributed by atoms with van der Waals surface area (Å²) in [4.78, 5) is 23.5. The highest BCUT2D eigenvalue weighted by Crippen LogP contribution is 2.36. The van der Waals surface area contributed by atoms with Gasteiger partial charge in [0, 0.05) is 10.6 Å². The normalized spacial score (nSPS) is 12.5. The van der Waals surface area contributed by atoms with E-state index in [1.165, 1.54) is 20.1 Å². The number of aliphatic hydroxyl groups is 1. The number of rotatable bonds is 5. The number of benzene rings is 1. The number of hydrogen-bond acceptors (Lipinski definition) is 5. The Bertz CT molecular complexity index is 637. The molecule has 1 unspecified atom stereocenters. The summed E-state index contributed by atoms with van der Waals surface area (Å²) in [7, 11) is 1.41. The number of hydrogen-bond donors (Lipinski definition) is 2. The van der Waals surface area contributed by atoms with Gasteiger partial charge in [-0.3, -0.25) is 4.79 Å². The van der Waals surface area contributed by atoms with Gasteiger partial charge >= 0.3 is 6.09 Å². The molecule has 0 aliphatic carbocycles. The summed E-state index contributed by atoms with van der Waals surface area (Å²) < 4.78 is 10.4. The maximum Gasteiger partial charge on any atom is 0.407 e. The van der Waals surface area contributed by atoms with Crippen molar-refractivity contribution in [2.45, 2.75) is 46.3 Å². The van der Waals surface area contributed by atoms with E-state index in [2.05, 4.69) is 5.32 Å². The van der Waals surface area contributed by atoms with E-state index in [1.807, 2.05) is 0 Å². The number of Topliss-reactive ketones (excluding diaryl/α,β-unsaturated/α-hetero) is 1. The van der Waals surface area contributed by atoms with Crippen LogP contribution in [0.3, 0.4) is 0 Å². The molecule has 0 aromatic heterocycles. The second kappa shape index (κ2) is 7.85. The van der Waals surface area contributed by atoms with Crippen LogP contribution in [0.1, 0.15) is 55.3 Å². The van der Waals surface area contributed by atoms with E-state index in [9.17, 15) is 14.7 Å². The van der Waals surface area contributed by atoms with Crippen LogP contribution in [0.15, 0.2) is 6.07 Å². The molecule has 1 aromatic carbocycles. The SMILES string of the molecule is COc1c(C(C)=O)cc(Cl)c(C)c1C(O)CNC(=O)OC(C)(C)C. The quantitative estimate of drug-likeness (QED) is 0.789. The maximum atomic E-state index is 11.8. The number of aliphatic hydroxyl groups excluding tert-OH is 1. The minimum Gasteiger partial charge on any atom is -0.496 e. The van der Waals surface area contributed by atoms with Crippen LogP contribution in [0.2, 0.25) is 5.02 Å². The fraction of sp³-hybridized carbons (Fsp3) is 0.529. The van der Waals surface area contributed by atoms with Crippen LogP contribution in [0.25, 0.3) is 0 Å². The molecule has 1 amide bonds. The molecule has 0 aliphatic rings. The number of nitrogens with one attached hydrogen (secondary N) is 1. The van der Waals surface area contributed by atoms with Gasteiger partial charge in [0.1, 0.15) is 17.5 Å². The summed E-state index contributed by atoms with van der Waals surface area (Å²) in [5, 5.41) is 13.3. The highest BCUT2D eigenvalue weighted by Gasteiger charge is 2.24. The van der Waals surface area contributed by atoms with Gasteiger partial charge in [0.25, 0.3) is 0 Å². The highest BCUT2D eigenvalue weighted by atomic mass is 35.5. The largest absolute Gasteiger partial charge is 0.496 e. The first-order valence-corrected chi connectivity index (χ1v) is 7.88. The first-order chi connectivity index (χ1) is 11.0. The van der Waals surface area contributed by atoms with Crippen molar-refractivity contribution in [1.82, 2.24) is 5.32 Å². The molecule has 1 aromatic rings. The van der Waals surface area contributed by atoms with E-state index in [4.69, 9.17) is 21.1 Å². The standard InChI is InChI=1S/C17H24ClNO5/c1-9-12(18)7-11(10(2)20)15(23-6)14(9)13(21)8-19-16(22)24-17(3,4)5/h7,13,21H,8H2,1-6H3,(H,19,22). The minimum atomic E-state index is -1.11. The lowest BCUT2D eigenvalue weighted by Gasteiger charge is -2.23. The van der Waals surface area contributed by atoms with Crippen molar-refractivity contribution in [3.8, 4) is 5.75 Å². The predicted molar refractivity (Wildman–Crippen MR) is 91.9 cm³/mol. The Morgan fingerprint density at radius 2 is 1.96 bits per heavy atom. The number of carbonyl (C=O) groups excluding carboxylic acids is 2. The third-order valence-electron chi connectivity index (χ3n) is 3.28. The number of ether oxygens (including phenoxy) is 2. The van der Waals surface area contributed by atoms with Crippen LogP contribution in [0, 0.1) is 6.92 Å². The molecule has 0 aliphatic heterocycles. The molecule has 7 heteroatoms. The molecule has 0 radical (unpaired) electrons. The fourth-order valence-electron chi connectivity index (χ4n) is 2.22. The van der Waals surface area contributed by atoms with E-state index >= 15 is 0 Å². The molecule has 2 N–H and O–H groups in total. The summed E-state index contributed by atoms with van der Waals surface area (Å²) in [6, 6.07) is 1.51. The Morgan fingerprint density at radius 1 is 1.38 bits per heavy atom. The van der Waals surface area contributed by atoms with Crippen molar-refractivity contribution in [3.05, 3.63) is 27.8 Å². The van der Waals surface area contributed by atoms with Crippen molar-refractivity contribution in [1.29, 1.82) is 0 Å². The van der Waals surface area contributed by atoms with Gasteiger partial charge in [-0.2, -0.15) is 0 Å². The monoisotopic (exact) mass is 357 g/mol. The van der Waals surface area contributed by atoms with E-state index in [-0.39, 0.29) is 23.6 Å². The van der Waals surface area contributed by atoms with Crippen molar-refractivity contribution < 1.29 is 24.2 Å². The Balaban J connectivity index is 3.08. The molecule has 1 rings (SSSR count). The molecular weight excluding hydrogens is 334 g/mol. The second-order valence-electron chi connectivity index (χ2n) is 6.43. The van der Waals surface area contributed by atoms with Gasteiger partial charge in [-0.25, -0.2) is 4.79 Å². The number of ketones is 1. The van der Waals surface area contributed by atoms with Gasteiger partial charge in [0.15, 0.2) is 5.78 Å². The Hall–Kier alpha value is -1.79. The molecule has 0 bridgehead atoms. The molecule has 0 heterocycles. The first-order valence-electron chi connectivity index (χ1n) is 7.50.